The summed E-state index contributed by atoms with van der Waals surface area (Å²) in [6.45, 7) is 3.97. The zero-order chi connectivity index (χ0) is 13.8. The minimum atomic E-state index is -0.0870. The molecule has 0 aliphatic rings. The summed E-state index contributed by atoms with van der Waals surface area (Å²) >= 11 is 6.26. The van der Waals surface area contributed by atoms with Gasteiger partial charge in [0.25, 0.3) is 0 Å². The minimum absolute atomic E-state index is 0.0870. The maximum absolute atomic E-state index is 11.6. The lowest BCUT2D eigenvalue weighted by molar-refractivity contribution is -0.120. The Bertz CT molecular complexity index is 609. The maximum atomic E-state index is 11.6. The topological polar surface area (TPSA) is 66.9 Å². The fourth-order valence-electron chi connectivity index (χ4n) is 1.61. The number of amides is 1. The van der Waals surface area contributed by atoms with Gasteiger partial charge in [0.1, 0.15) is 11.0 Å². The summed E-state index contributed by atoms with van der Waals surface area (Å²) in [6.07, 6.45) is 0.449. The van der Waals surface area contributed by atoms with Gasteiger partial charge in [0, 0.05) is 6.42 Å². The molecule has 1 amide bonds. The molecule has 1 aromatic heterocycles. The first kappa shape index (κ1) is 13.8. The highest BCUT2D eigenvalue weighted by atomic mass is 32.1. The molecule has 0 aliphatic carbocycles. The van der Waals surface area contributed by atoms with E-state index in [-0.39, 0.29) is 11.0 Å². The van der Waals surface area contributed by atoms with Crippen molar-refractivity contribution in [1.82, 2.24) is 14.1 Å². The van der Waals surface area contributed by atoms with Gasteiger partial charge in [-0.3, -0.25) is 4.79 Å². The third-order valence-electron chi connectivity index (χ3n) is 2.38. The number of nitrogens with one attached hydrogen (secondary N) is 2. The quantitative estimate of drug-likeness (QED) is 0.852. The Labute approximate surface area is 120 Å². The molecular formula is C12H14N4OS2. The summed E-state index contributed by atoms with van der Waals surface area (Å²) in [5.41, 5.74) is 2.32. The second-order valence-electron chi connectivity index (χ2n) is 4.54. The fraction of sp³-hybridized carbons (Fsp3) is 0.333. The van der Waals surface area contributed by atoms with E-state index in [0.717, 1.165) is 28.4 Å². The average Bonchev–Trinajstić information content (AvgIpc) is 2.76. The standard InChI is InChI=1S/C12H14N4OS2/c1-7(2)6-10(17)14-12(18)13-8-4-3-5-9-11(8)16-19-15-9/h3-5,7H,6H2,1-2H3,(H2,13,14,17,18). The lowest BCUT2D eigenvalue weighted by Crippen LogP contribution is -2.34. The molecule has 1 heterocycles. The van der Waals surface area contributed by atoms with Crippen LogP contribution in [0.25, 0.3) is 11.0 Å². The highest BCUT2D eigenvalue weighted by Crippen LogP contribution is 2.20. The van der Waals surface area contributed by atoms with Crippen LogP contribution in [0.15, 0.2) is 18.2 Å². The molecule has 2 aromatic rings. The summed E-state index contributed by atoms with van der Waals surface area (Å²) in [5.74, 6) is 0.213. The van der Waals surface area contributed by atoms with Crippen molar-refractivity contribution in [3.8, 4) is 0 Å². The molecule has 0 saturated carbocycles. The van der Waals surface area contributed by atoms with E-state index in [1.54, 1.807) is 0 Å². The van der Waals surface area contributed by atoms with Gasteiger partial charge in [-0.25, -0.2) is 0 Å². The van der Waals surface area contributed by atoms with Gasteiger partial charge in [-0.05, 0) is 30.3 Å². The predicted molar refractivity (Wildman–Crippen MR) is 81.2 cm³/mol. The smallest absolute Gasteiger partial charge is 0.226 e. The van der Waals surface area contributed by atoms with E-state index in [9.17, 15) is 4.79 Å². The summed E-state index contributed by atoms with van der Waals surface area (Å²) in [6, 6.07) is 5.60. The number of fused-ring (bicyclic) bond motifs is 1. The number of hydrogen-bond donors (Lipinski definition) is 2. The van der Waals surface area contributed by atoms with Crippen molar-refractivity contribution in [2.75, 3.05) is 5.32 Å². The lowest BCUT2D eigenvalue weighted by atomic mass is 10.1. The van der Waals surface area contributed by atoms with Gasteiger partial charge >= 0.3 is 0 Å². The number of carbonyl (C=O) groups excluding carboxylic acids is 1. The van der Waals surface area contributed by atoms with Crippen LogP contribution in [0.5, 0.6) is 0 Å². The van der Waals surface area contributed by atoms with Crippen LogP contribution in [-0.2, 0) is 4.79 Å². The molecule has 0 radical (unpaired) electrons. The molecule has 0 saturated heterocycles. The molecule has 0 spiro atoms. The van der Waals surface area contributed by atoms with Gasteiger partial charge in [-0.1, -0.05) is 19.9 Å². The average molecular weight is 294 g/mol. The van der Waals surface area contributed by atoms with E-state index >= 15 is 0 Å². The molecule has 100 valence electrons. The van der Waals surface area contributed by atoms with Crippen molar-refractivity contribution in [1.29, 1.82) is 0 Å². The lowest BCUT2D eigenvalue weighted by Gasteiger charge is -2.10. The summed E-state index contributed by atoms with van der Waals surface area (Å²) in [4.78, 5) is 11.6. The van der Waals surface area contributed by atoms with Crippen molar-refractivity contribution in [2.45, 2.75) is 20.3 Å². The third kappa shape index (κ3) is 3.68. The first-order valence-corrected chi connectivity index (χ1v) is 7.02. The third-order valence-corrected chi connectivity index (χ3v) is 3.13. The monoisotopic (exact) mass is 294 g/mol. The van der Waals surface area contributed by atoms with Gasteiger partial charge < -0.3 is 10.6 Å². The highest BCUT2D eigenvalue weighted by molar-refractivity contribution is 7.80. The Balaban J connectivity index is 2.03. The Hall–Kier alpha value is -1.60. The summed E-state index contributed by atoms with van der Waals surface area (Å²) in [5, 5.41) is 5.92. The molecule has 0 atom stereocenters. The number of benzene rings is 1. The Morgan fingerprint density at radius 1 is 1.42 bits per heavy atom. The molecule has 0 fully saturated rings. The van der Waals surface area contributed by atoms with Gasteiger partial charge in [-0.2, -0.15) is 8.75 Å². The van der Waals surface area contributed by atoms with Crippen molar-refractivity contribution < 1.29 is 4.79 Å². The number of aromatic nitrogens is 2. The number of hydrogen-bond acceptors (Lipinski definition) is 5. The van der Waals surface area contributed by atoms with Crippen LogP contribution in [0.2, 0.25) is 0 Å². The Morgan fingerprint density at radius 3 is 2.95 bits per heavy atom. The predicted octanol–water partition coefficient (Wildman–Crippen LogP) is 2.55. The zero-order valence-corrected chi connectivity index (χ0v) is 12.3. The van der Waals surface area contributed by atoms with Crippen LogP contribution >= 0.6 is 23.9 Å². The van der Waals surface area contributed by atoms with Crippen LogP contribution < -0.4 is 10.6 Å². The number of carbonyl (C=O) groups is 1. The SMILES string of the molecule is CC(C)CC(=O)NC(=S)Nc1cccc2nsnc12. The molecule has 0 unspecified atom stereocenters. The molecule has 2 N–H and O–H groups in total. The second kappa shape index (κ2) is 6.03. The molecule has 5 nitrogen and oxygen atoms in total. The van der Waals surface area contributed by atoms with E-state index in [1.165, 1.54) is 0 Å². The molecule has 7 heteroatoms. The maximum Gasteiger partial charge on any atom is 0.226 e. The molecular weight excluding hydrogens is 280 g/mol. The van der Waals surface area contributed by atoms with Crippen LogP contribution in [0, 0.1) is 5.92 Å². The van der Waals surface area contributed by atoms with Crippen LogP contribution in [0.4, 0.5) is 5.69 Å². The number of nitrogens with zero attached hydrogens (tertiary/aromatic N) is 2. The van der Waals surface area contributed by atoms with E-state index < -0.39 is 0 Å². The number of anilines is 1. The second-order valence-corrected chi connectivity index (χ2v) is 5.47. The molecule has 0 aliphatic heterocycles. The number of rotatable bonds is 3. The molecule has 2 rings (SSSR count). The van der Waals surface area contributed by atoms with Crippen molar-refractivity contribution in [3.63, 3.8) is 0 Å². The van der Waals surface area contributed by atoms with Gasteiger partial charge in [0.05, 0.1) is 17.4 Å². The van der Waals surface area contributed by atoms with E-state index in [0.29, 0.717) is 12.3 Å². The Kier molecular flexibility index (Phi) is 4.39. The van der Waals surface area contributed by atoms with E-state index in [2.05, 4.69) is 19.4 Å². The molecule has 1 aromatic carbocycles. The van der Waals surface area contributed by atoms with Gasteiger partial charge in [0.2, 0.25) is 5.91 Å². The molecule has 19 heavy (non-hydrogen) atoms. The van der Waals surface area contributed by atoms with Gasteiger partial charge in [0.15, 0.2) is 5.11 Å². The van der Waals surface area contributed by atoms with Crippen LogP contribution in [0.3, 0.4) is 0 Å². The summed E-state index contributed by atoms with van der Waals surface area (Å²) in [7, 11) is 0. The van der Waals surface area contributed by atoms with Crippen LogP contribution in [0.1, 0.15) is 20.3 Å². The van der Waals surface area contributed by atoms with Gasteiger partial charge in [-0.15, -0.1) is 0 Å². The number of thiocarbonyl (C=S) groups is 1. The van der Waals surface area contributed by atoms with Crippen molar-refractivity contribution >= 4 is 51.7 Å². The normalized spacial score (nSPS) is 10.7. The van der Waals surface area contributed by atoms with Crippen LogP contribution in [-0.4, -0.2) is 19.8 Å². The fourth-order valence-corrected chi connectivity index (χ4v) is 2.38. The Morgan fingerprint density at radius 2 is 2.21 bits per heavy atom. The van der Waals surface area contributed by atoms with E-state index in [4.69, 9.17) is 12.2 Å². The van der Waals surface area contributed by atoms with Crippen molar-refractivity contribution in [2.24, 2.45) is 5.92 Å². The molecule has 0 bridgehead atoms. The van der Waals surface area contributed by atoms with Crippen molar-refractivity contribution in [3.05, 3.63) is 18.2 Å². The van der Waals surface area contributed by atoms with E-state index in [1.807, 2.05) is 32.0 Å². The zero-order valence-electron chi connectivity index (χ0n) is 10.6. The first-order chi connectivity index (χ1) is 9.06. The minimum Gasteiger partial charge on any atom is -0.331 e. The largest absolute Gasteiger partial charge is 0.331 e. The first-order valence-electron chi connectivity index (χ1n) is 5.88. The highest BCUT2D eigenvalue weighted by Gasteiger charge is 2.09. The summed E-state index contributed by atoms with van der Waals surface area (Å²) < 4.78 is 8.34.